The molecule has 1 heterocycles. The molecule has 3 nitrogen and oxygen atoms in total. The lowest BCUT2D eigenvalue weighted by atomic mass is 9.84. The molecule has 1 aromatic rings. The van der Waals surface area contributed by atoms with Gasteiger partial charge in [0, 0.05) is 0 Å². The van der Waals surface area contributed by atoms with Gasteiger partial charge in [0.25, 0.3) is 0 Å². The lowest BCUT2D eigenvalue weighted by Crippen LogP contribution is -2.35. The number of rotatable bonds is 5. The monoisotopic (exact) mass is 298 g/mol. The van der Waals surface area contributed by atoms with Gasteiger partial charge in [-0.3, -0.25) is 0 Å². The highest BCUT2D eigenvalue weighted by Gasteiger charge is 2.45. The number of benzene rings is 1. The van der Waals surface area contributed by atoms with Crippen molar-refractivity contribution in [1.29, 1.82) is 0 Å². The van der Waals surface area contributed by atoms with Crippen LogP contribution in [-0.2, 0) is 20.7 Å². The Bertz CT molecular complexity index is 566. The van der Waals surface area contributed by atoms with Crippen molar-refractivity contribution >= 4 is 5.97 Å². The number of hydrogen-bond acceptors (Lipinski definition) is 3. The molecule has 1 aromatic carbocycles. The van der Waals surface area contributed by atoms with Crippen LogP contribution in [0, 0.1) is 0 Å². The number of allylic oxidation sites excluding steroid dienone is 1. The first-order chi connectivity index (χ1) is 10.8. The van der Waals surface area contributed by atoms with Gasteiger partial charge in [0.05, 0.1) is 6.08 Å². The second-order valence-electron chi connectivity index (χ2n) is 5.96. The van der Waals surface area contributed by atoms with Crippen molar-refractivity contribution in [1.82, 2.24) is 0 Å². The summed E-state index contributed by atoms with van der Waals surface area (Å²) >= 11 is 0. The fourth-order valence-corrected chi connectivity index (χ4v) is 3.19. The van der Waals surface area contributed by atoms with Crippen molar-refractivity contribution < 1.29 is 14.3 Å². The molecule has 1 aliphatic heterocycles. The molecule has 0 atom stereocenters. The van der Waals surface area contributed by atoms with Gasteiger partial charge in [0.15, 0.2) is 5.60 Å². The lowest BCUT2D eigenvalue weighted by Gasteiger charge is -2.33. The summed E-state index contributed by atoms with van der Waals surface area (Å²) in [5, 5.41) is 0. The molecule has 0 unspecified atom stereocenters. The van der Waals surface area contributed by atoms with Crippen molar-refractivity contribution in [2.45, 2.75) is 44.1 Å². The van der Waals surface area contributed by atoms with Crippen LogP contribution in [0.4, 0.5) is 0 Å². The Morgan fingerprint density at radius 3 is 2.64 bits per heavy atom. The molecule has 116 valence electrons. The minimum Gasteiger partial charge on any atom is -0.489 e. The maximum atomic E-state index is 11.6. The highest BCUT2D eigenvalue weighted by molar-refractivity contribution is 5.86. The molecular formula is C19H22O3. The smallest absolute Gasteiger partial charge is 0.335 e. The van der Waals surface area contributed by atoms with Crippen molar-refractivity contribution in [2.75, 3.05) is 6.61 Å². The first-order valence-corrected chi connectivity index (χ1v) is 8.05. The standard InChI is InChI=1S/C19H22O3/c20-18-15-17(19(22-18)12-6-2-7-13-19)21-14-8-5-11-16-9-3-1-4-10-16/h1,3-5,8-10,15H,2,6-7,11-14H2/b8-5+. The van der Waals surface area contributed by atoms with Gasteiger partial charge in [0.1, 0.15) is 12.4 Å². The van der Waals surface area contributed by atoms with Gasteiger partial charge in [-0.1, -0.05) is 48.9 Å². The molecule has 3 heteroatoms. The number of carbonyl (C=O) groups is 1. The lowest BCUT2D eigenvalue weighted by molar-refractivity contribution is -0.150. The van der Waals surface area contributed by atoms with Gasteiger partial charge in [-0.05, 0) is 37.7 Å². The normalized spacial score (nSPS) is 20.2. The van der Waals surface area contributed by atoms with E-state index >= 15 is 0 Å². The van der Waals surface area contributed by atoms with Crippen molar-refractivity contribution in [3.05, 3.63) is 59.9 Å². The molecule has 1 spiro atoms. The fourth-order valence-electron chi connectivity index (χ4n) is 3.19. The fraction of sp³-hybridized carbons (Fsp3) is 0.421. The molecule has 1 saturated carbocycles. The van der Waals surface area contributed by atoms with E-state index in [4.69, 9.17) is 9.47 Å². The average Bonchev–Trinajstić information content (AvgIpc) is 2.84. The van der Waals surface area contributed by atoms with Crippen LogP contribution in [-0.4, -0.2) is 18.2 Å². The van der Waals surface area contributed by atoms with E-state index in [2.05, 4.69) is 18.2 Å². The Kier molecular flexibility index (Phi) is 4.62. The molecular weight excluding hydrogens is 276 g/mol. The van der Waals surface area contributed by atoms with Crippen LogP contribution in [0.1, 0.15) is 37.7 Å². The summed E-state index contributed by atoms with van der Waals surface area (Å²) in [6.07, 6.45) is 11.7. The summed E-state index contributed by atoms with van der Waals surface area (Å²) in [7, 11) is 0. The van der Waals surface area contributed by atoms with E-state index in [0.717, 1.165) is 37.9 Å². The highest BCUT2D eigenvalue weighted by Crippen LogP contribution is 2.41. The first-order valence-electron chi connectivity index (χ1n) is 8.05. The Morgan fingerprint density at radius 1 is 1.09 bits per heavy atom. The van der Waals surface area contributed by atoms with Gasteiger partial charge in [-0.25, -0.2) is 4.79 Å². The third-order valence-corrected chi connectivity index (χ3v) is 4.35. The predicted molar refractivity (Wildman–Crippen MR) is 85.2 cm³/mol. The quantitative estimate of drug-likeness (QED) is 0.610. The van der Waals surface area contributed by atoms with E-state index in [9.17, 15) is 4.79 Å². The topological polar surface area (TPSA) is 35.5 Å². The zero-order chi connectivity index (χ0) is 15.3. The van der Waals surface area contributed by atoms with E-state index < -0.39 is 5.60 Å². The Labute approximate surface area is 131 Å². The average molecular weight is 298 g/mol. The van der Waals surface area contributed by atoms with E-state index in [1.54, 1.807) is 0 Å². The molecule has 0 amide bonds. The van der Waals surface area contributed by atoms with Crippen LogP contribution < -0.4 is 0 Å². The molecule has 3 rings (SSSR count). The minimum atomic E-state index is -0.470. The van der Waals surface area contributed by atoms with Crippen LogP contribution in [0.25, 0.3) is 0 Å². The van der Waals surface area contributed by atoms with Crippen LogP contribution in [0.5, 0.6) is 0 Å². The van der Waals surface area contributed by atoms with Crippen LogP contribution >= 0.6 is 0 Å². The Morgan fingerprint density at radius 2 is 1.86 bits per heavy atom. The van der Waals surface area contributed by atoms with Gasteiger partial charge >= 0.3 is 5.97 Å². The number of ether oxygens (including phenoxy) is 2. The Hall–Kier alpha value is -2.03. The number of hydrogen-bond donors (Lipinski definition) is 0. The molecule has 22 heavy (non-hydrogen) atoms. The SMILES string of the molecule is O=C1C=C(OC/C=C/Cc2ccccc2)C2(CCCCC2)O1. The third kappa shape index (κ3) is 3.41. The van der Waals surface area contributed by atoms with Gasteiger partial charge in [-0.15, -0.1) is 0 Å². The van der Waals surface area contributed by atoms with Gasteiger partial charge in [-0.2, -0.15) is 0 Å². The third-order valence-electron chi connectivity index (χ3n) is 4.35. The van der Waals surface area contributed by atoms with E-state index in [1.165, 1.54) is 18.1 Å². The summed E-state index contributed by atoms with van der Waals surface area (Å²) in [4.78, 5) is 11.6. The largest absolute Gasteiger partial charge is 0.489 e. The molecule has 1 fully saturated rings. The zero-order valence-electron chi connectivity index (χ0n) is 12.8. The van der Waals surface area contributed by atoms with Gasteiger partial charge < -0.3 is 9.47 Å². The molecule has 0 aromatic heterocycles. The maximum absolute atomic E-state index is 11.6. The summed E-state index contributed by atoms with van der Waals surface area (Å²) < 4.78 is 11.4. The van der Waals surface area contributed by atoms with Crippen LogP contribution in [0.3, 0.4) is 0 Å². The highest BCUT2D eigenvalue weighted by atomic mass is 16.6. The molecule has 0 bridgehead atoms. The maximum Gasteiger partial charge on any atom is 0.335 e. The Balaban J connectivity index is 1.52. The summed E-state index contributed by atoms with van der Waals surface area (Å²) in [5.74, 6) is 0.465. The predicted octanol–water partition coefficient (Wildman–Crippen LogP) is 3.95. The van der Waals surface area contributed by atoms with Gasteiger partial charge in [0.2, 0.25) is 0 Å². The zero-order valence-corrected chi connectivity index (χ0v) is 12.8. The van der Waals surface area contributed by atoms with E-state index in [-0.39, 0.29) is 5.97 Å². The second-order valence-corrected chi connectivity index (χ2v) is 5.96. The molecule has 2 aliphatic rings. The summed E-state index contributed by atoms with van der Waals surface area (Å²) in [5.41, 5.74) is 0.809. The molecule has 0 N–H and O–H groups in total. The molecule has 1 aliphatic carbocycles. The van der Waals surface area contributed by atoms with Crippen molar-refractivity contribution in [2.24, 2.45) is 0 Å². The first kappa shape index (κ1) is 14.9. The number of carbonyl (C=O) groups excluding carboxylic acids is 1. The summed E-state index contributed by atoms with van der Waals surface area (Å²) in [6.45, 7) is 0.483. The summed E-state index contributed by atoms with van der Waals surface area (Å²) in [6, 6.07) is 10.3. The van der Waals surface area contributed by atoms with Crippen molar-refractivity contribution in [3.63, 3.8) is 0 Å². The molecule has 0 radical (unpaired) electrons. The second kappa shape index (κ2) is 6.82. The van der Waals surface area contributed by atoms with E-state index in [0.29, 0.717) is 6.61 Å². The number of esters is 1. The molecule has 0 saturated heterocycles. The van der Waals surface area contributed by atoms with Crippen LogP contribution in [0.15, 0.2) is 54.3 Å². The minimum absolute atomic E-state index is 0.259. The van der Waals surface area contributed by atoms with Crippen molar-refractivity contribution in [3.8, 4) is 0 Å². The van der Waals surface area contributed by atoms with Crippen LogP contribution in [0.2, 0.25) is 0 Å². The van der Waals surface area contributed by atoms with E-state index in [1.807, 2.05) is 24.3 Å².